The molecule has 1 saturated heterocycles. The smallest absolute Gasteiger partial charge is 0.254 e. The third kappa shape index (κ3) is 2.12. The van der Waals surface area contributed by atoms with Crippen LogP contribution in [0.15, 0.2) is 24.5 Å². The van der Waals surface area contributed by atoms with Gasteiger partial charge in [0, 0.05) is 24.5 Å². The number of ether oxygens (including phenoxy) is 1. The van der Waals surface area contributed by atoms with Crippen molar-refractivity contribution in [2.24, 2.45) is 0 Å². The lowest BCUT2D eigenvalue weighted by Crippen LogP contribution is -2.52. The molecule has 0 aromatic carbocycles. The lowest BCUT2D eigenvalue weighted by atomic mass is 9.99. The number of pyridine rings is 1. The van der Waals surface area contributed by atoms with E-state index in [1.807, 2.05) is 4.90 Å². The first-order valence-electron chi connectivity index (χ1n) is 6.62. The quantitative estimate of drug-likeness (QED) is 0.759. The van der Waals surface area contributed by atoms with Crippen molar-refractivity contribution in [2.45, 2.75) is 31.3 Å². The summed E-state index contributed by atoms with van der Waals surface area (Å²) in [5.41, 5.74) is 0.668. The molecule has 4 nitrogen and oxygen atoms in total. The Labute approximate surface area is 107 Å². The summed E-state index contributed by atoms with van der Waals surface area (Å²) < 4.78 is 5.94. The average Bonchev–Trinajstić information content (AvgIpc) is 2.87. The fourth-order valence-electron chi connectivity index (χ4n) is 3.02. The zero-order chi connectivity index (χ0) is 12.4. The number of carbonyl (C=O) groups is 1. The van der Waals surface area contributed by atoms with E-state index in [1.165, 1.54) is 12.8 Å². The van der Waals surface area contributed by atoms with Crippen LogP contribution < -0.4 is 0 Å². The fourth-order valence-corrected chi connectivity index (χ4v) is 3.02. The standard InChI is InChI=1S/C14H18N2O2/c17-13(12-3-7-15-8-4-12)16-9-10-18-14(11-16)5-1-2-6-14/h3-4,7-8H,1-2,5-6,9-11H2. The van der Waals surface area contributed by atoms with Gasteiger partial charge in [-0.05, 0) is 25.0 Å². The summed E-state index contributed by atoms with van der Waals surface area (Å²) in [5.74, 6) is 0.104. The molecule has 96 valence electrons. The third-order valence-electron chi connectivity index (χ3n) is 3.98. The Morgan fingerprint density at radius 3 is 2.72 bits per heavy atom. The highest BCUT2D eigenvalue weighted by atomic mass is 16.5. The summed E-state index contributed by atoms with van der Waals surface area (Å²) in [6.45, 7) is 2.11. The van der Waals surface area contributed by atoms with E-state index in [2.05, 4.69) is 4.98 Å². The number of morpholine rings is 1. The van der Waals surface area contributed by atoms with Crippen LogP contribution in [0, 0.1) is 0 Å². The van der Waals surface area contributed by atoms with Crippen molar-refractivity contribution in [3.05, 3.63) is 30.1 Å². The maximum Gasteiger partial charge on any atom is 0.254 e. The predicted octanol–water partition coefficient (Wildman–Crippen LogP) is 1.87. The minimum atomic E-state index is -0.0546. The highest BCUT2D eigenvalue weighted by Crippen LogP contribution is 2.36. The average molecular weight is 246 g/mol. The maximum absolute atomic E-state index is 12.4. The number of carbonyl (C=O) groups excluding carboxylic acids is 1. The first-order valence-corrected chi connectivity index (χ1v) is 6.62. The van der Waals surface area contributed by atoms with Crippen LogP contribution in [0.25, 0.3) is 0 Å². The number of amides is 1. The molecule has 1 amide bonds. The van der Waals surface area contributed by atoms with Crippen LogP contribution in [-0.4, -0.2) is 41.1 Å². The molecule has 2 heterocycles. The van der Waals surface area contributed by atoms with Gasteiger partial charge in [0.15, 0.2) is 0 Å². The Morgan fingerprint density at radius 2 is 2.00 bits per heavy atom. The van der Waals surface area contributed by atoms with Crippen LogP contribution in [0.5, 0.6) is 0 Å². The molecule has 1 saturated carbocycles. The van der Waals surface area contributed by atoms with Crippen molar-refractivity contribution in [3.8, 4) is 0 Å². The van der Waals surface area contributed by atoms with Crippen LogP contribution in [0.1, 0.15) is 36.0 Å². The Kier molecular flexibility index (Phi) is 3.04. The molecule has 0 radical (unpaired) electrons. The highest BCUT2D eigenvalue weighted by molar-refractivity contribution is 5.94. The number of rotatable bonds is 1. The second kappa shape index (κ2) is 4.69. The van der Waals surface area contributed by atoms with Crippen LogP contribution in [0.4, 0.5) is 0 Å². The molecule has 1 aromatic heterocycles. The number of hydrogen-bond donors (Lipinski definition) is 0. The number of aromatic nitrogens is 1. The lowest BCUT2D eigenvalue weighted by molar-refractivity contribution is -0.0948. The Balaban J connectivity index is 1.74. The van der Waals surface area contributed by atoms with Crippen molar-refractivity contribution in [1.29, 1.82) is 0 Å². The van der Waals surface area contributed by atoms with Crippen molar-refractivity contribution in [2.75, 3.05) is 19.7 Å². The second-order valence-electron chi connectivity index (χ2n) is 5.20. The van der Waals surface area contributed by atoms with Gasteiger partial charge >= 0.3 is 0 Å². The van der Waals surface area contributed by atoms with Gasteiger partial charge in [0.1, 0.15) is 0 Å². The zero-order valence-electron chi connectivity index (χ0n) is 10.5. The summed E-state index contributed by atoms with van der Waals surface area (Å²) in [5, 5.41) is 0. The van der Waals surface area contributed by atoms with Crippen molar-refractivity contribution in [3.63, 3.8) is 0 Å². The molecule has 1 aromatic rings. The van der Waals surface area contributed by atoms with E-state index in [1.54, 1.807) is 24.5 Å². The molecule has 0 bridgehead atoms. The Bertz CT molecular complexity index is 427. The van der Waals surface area contributed by atoms with E-state index < -0.39 is 0 Å². The summed E-state index contributed by atoms with van der Waals surface area (Å²) >= 11 is 0. The molecule has 4 heteroatoms. The molecule has 0 unspecified atom stereocenters. The highest BCUT2D eigenvalue weighted by Gasteiger charge is 2.40. The molecule has 1 spiro atoms. The molecule has 1 aliphatic carbocycles. The topological polar surface area (TPSA) is 42.4 Å². The predicted molar refractivity (Wildman–Crippen MR) is 67.3 cm³/mol. The Hall–Kier alpha value is -1.42. The van der Waals surface area contributed by atoms with Crippen molar-refractivity contribution >= 4 is 5.91 Å². The van der Waals surface area contributed by atoms with Gasteiger partial charge in [-0.15, -0.1) is 0 Å². The van der Waals surface area contributed by atoms with E-state index in [0.29, 0.717) is 13.2 Å². The molecular formula is C14H18N2O2. The van der Waals surface area contributed by atoms with Crippen LogP contribution >= 0.6 is 0 Å². The molecule has 18 heavy (non-hydrogen) atoms. The van der Waals surface area contributed by atoms with Crippen LogP contribution in [0.2, 0.25) is 0 Å². The lowest BCUT2D eigenvalue weighted by Gasteiger charge is -2.40. The van der Waals surface area contributed by atoms with Gasteiger partial charge in [0.2, 0.25) is 0 Å². The van der Waals surface area contributed by atoms with Gasteiger partial charge in [-0.2, -0.15) is 0 Å². The number of hydrogen-bond acceptors (Lipinski definition) is 3. The largest absolute Gasteiger partial charge is 0.371 e. The summed E-state index contributed by atoms with van der Waals surface area (Å²) in [4.78, 5) is 18.3. The van der Waals surface area contributed by atoms with E-state index in [9.17, 15) is 4.79 Å². The van der Waals surface area contributed by atoms with Gasteiger partial charge in [0.05, 0.1) is 18.8 Å². The normalized spacial score (nSPS) is 22.3. The Morgan fingerprint density at radius 1 is 1.28 bits per heavy atom. The maximum atomic E-state index is 12.4. The second-order valence-corrected chi connectivity index (χ2v) is 5.20. The molecular weight excluding hydrogens is 228 g/mol. The van der Waals surface area contributed by atoms with Gasteiger partial charge in [-0.1, -0.05) is 12.8 Å². The van der Waals surface area contributed by atoms with Crippen LogP contribution in [0.3, 0.4) is 0 Å². The minimum Gasteiger partial charge on any atom is -0.371 e. The van der Waals surface area contributed by atoms with E-state index in [0.717, 1.165) is 24.9 Å². The molecule has 2 aliphatic rings. The molecule has 1 aliphatic heterocycles. The minimum absolute atomic E-state index is 0.0546. The monoisotopic (exact) mass is 246 g/mol. The summed E-state index contributed by atoms with van der Waals surface area (Å²) in [7, 11) is 0. The molecule has 0 atom stereocenters. The SMILES string of the molecule is O=C(c1ccncc1)N1CCOC2(CCCC2)C1. The molecule has 3 rings (SSSR count). The zero-order valence-corrected chi connectivity index (χ0v) is 10.5. The third-order valence-corrected chi connectivity index (χ3v) is 3.98. The summed E-state index contributed by atoms with van der Waals surface area (Å²) in [6.07, 6.45) is 7.95. The summed E-state index contributed by atoms with van der Waals surface area (Å²) in [6, 6.07) is 3.55. The van der Waals surface area contributed by atoms with Gasteiger partial charge in [0.25, 0.3) is 5.91 Å². The van der Waals surface area contributed by atoms with E-state index in [4.69, 9.17) is 4.74 Å². The van der Waals surface area contributed by atoms with E-state index in [-0.39, 0.29) is 11.5 Å². The first-order chi connectivity index (χ1) is 8.79. The van der Waals surface area contributed by atoms with Gasteiger partial charge < -0.3 is 9.64 Å². The van der Waals surface area contributed by atoms with Gasteiger partial charge in [-0.3, -0.25) is 9.78 Å². The first kappa shape index (κ1) is 11.7. The van der Waals surface area contributed by atoms with Crippen LogP contribution in [-0.2, 0) is 4.74 Å². The van der Waals surface area contributed by atoms with Crippen molar-refractivity contribution in [1.82, 2.24) is 9.88 Å². The van der Waals surface area contributed by atoms with E-state index >= 15 is 0 Å². The van der Waals surface area contributed by atoms with Crippen molar-refractivity contribution < 1.29 is 9.53 Å². The number of nitrogens with zero attached hydrogens (tertiary/aromatic N) is 2. The molecule has 0 N–H and O–H groups in total. The fraction of sp³-hybridized carbons (Fsp3) is 0.571. The van der Waals surface area contributed by atoms with Gasteiger partial charge in [-0.25, -0.2) is 0 Å². The molecule has 2 fully saturated rings.